The van der Waals surface area contributed by atoms with Crippen LogP contribution in [0.1, 0.15) is 13.8 Å². The van der Waals surface area contributed by atoms with Crippen LogP contribution in [-0.4, -0.2) is 79.7 Å². The number of piperazine rings is 1. The first-order valence-electron chi connectivity index (χ1n) is 13.1. The lowest BCUT2D eigenvalue weighted by Gasteiger charge is -2.38. The van der Waals surface area contributed by atoms with E-state index < -0.39 is 5.82 Å². The van der Waals surface area contributed by atoms with E-state index in [1.807, 2.05) is 20.2 Å². The quantitative estimate of drug-likeness (QED) is 0.345. The zero-order valence-corrected chi connectivity index (χ0v) is 24.2. The zero-order chi connectivity index (χ0) is 29.0. The maximum atomic E-state index is 15.0. The second-order valence-electron chi connectivity index (χ2n) is 10.2. The Labute approximate surface area is 239 Å². The highest BCUT2D eigenvalue weighted by Crippen LogP contribution is 2.42. The van der Waals surface area contributed by atoms with Gasteiger partial charge in [-0.25, -0.2) is 9.37 Å². The number of amides is 1. The molecule has 1 amide bonds. The zero-order valence-electron chi connectivity index (χ0n) is 23.4. The first-order chi connectivity index (χ1) is 19.1. The van der Waals surface area contributed by atoms with Crippen molar-refractivity contribution in [1.82, 2.24) is 14.8 Å². The van der Waals surface area contributed by atoms with Crippen LogP contribution in [0.15, 0.2) is 55.0 Å². The van der Waals surface area contributed by atoms with Gasteiger partial charge in [0.2, 0.25) is 12.3 Å². The summed E-state index contributed by atoms with van der Waals surface area (Å²) in [4.78, 5) is 23.9. The molecule has 1 fully saturated rings. The van der Waals surface area contributed by atoms with Crippen molar-refractivity contribution in [2.75, 3.05) is 57.2 Å². The van der Waals surface area contributed by atoms with Gasteiger partial charge in [0, 0.05) is 81.6 Å². The normalized spacial score (nSPS) is 14.2. The molecular formula is C30H35ClFN5O3. The van der Waals surface area contributed by atoms with E-state index in [1.165, 1.54) is 17.0 Å². The van der Waals surface area contributed by atoms with E-state index >= 15 is 0 Å². The Morgan fingerprint density at radius 2 is 1.73 bits per heavy atom. The first kappa shape index (κ1) is 29.2. The van der Waals surface area contributed by atoms with Gasteiger partial charge >= 0.3 is 0 Å². The van der Waals surface area contributed by atoms with E-state index in [9.17, 15) is 14.3 Å². The molecule has 212 valence electrons. The van der Waals surface area contributed by atoms with Crippen molar-refractivity contribution in [3.8, 4) is 33.9 Å². The van der Waals surface area contributed by atoms with Crippen LogP contribution in [0.3, 0.4) is 0 Å². The highest BCUT2D eigenvalue weighted by Gasteiger charge is 2.23. The van der Waals surface area contributed by atoms with Gasteiger partial charge in [-0.1, -0.05) is 17.7 Å². The van der Waals surface area contributed by atoms with E-state index in [-0.39, 0.29) is 16.3 Å². The van der Waals surface area contributed by atoms with Crippen molar-refractivity contribution in [2.24, 2.45) is 0 Å². The molecule has 3 aromatic rings. The Morgan fingerprint density at radius 1 is 1.05 bits per heavy atom. The van der Waals surface area contributed by atoms with Crippen molar-refractivity contribution < 1.29 is 19.0 Å². The molecule has 2 aromatic carbocycles. The van der Waals surface area contributed by atoms with Gasteiger partial charge in [0.15, 0.2) is 0 Å². The first-order valence-corrected chi connectivity index (χ1v) is 13.4. The lowest BCUT2D eigenvalue weighted by molar-refractivity contribution is -0.106. The third-order valence-electron chi connectivity index (χ3n) is 6.97. The molecule has 1 saturated heterocycles. The van der Waals surface area contributed by atoms with Crippen LogP contribution in [0.2, 0.25) is 5.02 Å². The molecule has 8 nitrogen and oxygen atoms in total. The largest absolute Gasteiger partial charge is 0.507 e. The van der Waals surface area contributed by atoms with Gasteiger partial charge in [-0.15, -0.1) is 0 Å². The minimum Gasteiger partial charge on any atom is -0.507 e. The van der Waals surface area contributed by atoms with Crippen LogP contribution in [-0.2, 0) is 4.79 Å². The average molecular weight is 568 g/mol. The summed E-state index contributed by atoms with van der Waals surface area (Å²) < 4.78 is 20.5. The molecular weight excluding hydrogens is 533 g/mol. The SMILES string of the molecule is COc1ncc(-c2cc(F)cc(-c3ccc(N(C=O)/C=C\N(C)C)c(Cl)c3)c2O)cc1N1CCN(C(C)C)CC1. The number of ether oxygens (including phenoxy) is 1. The van der Waals surface area contributed by atoms with Gasteiger partial charge in [-0.05, 0) is 49.7 Å². The maximum Gasteiger partial charge on any atom is 0.237 e. The van der Waals surface area contributed by atoms with Crippen LogP contribution in [0.5, 0.6) is 11.6 Å². The van der Waals surface area contributed by atoms with Crippen LogP contribution < -0.4 is 14.5 Å². The summed E-state index contributed by atoms with van der Waals surface area (Å²) in [5, 5.41) is 11.6. The second-order valence-corrected chi connectivity index (χ2v) is 10.6. The lowest BCUT2D eigenvalue weighted by atomic mass is 9.97. The number of pyridine rings is 1. The number of hydrogen-bond donors (Lipinski definition) is 1. The fourth-order valence-electron chi connectivity index (χ4n) is 4.75. The number of aromatic hydroxyl groups is 1. The number of hydrogen-bond acceptors (Lipinski definition) is 7. The van der Waals surface area contributed by atoms with Crippen LogP contribution >= 0.6 is 11.6 Å². The number of rotatable bonds is 9. The van der Waals surface area contributed by atoms with Crippen LogP contribution in [0, 0.1) is 5.82 Å². The molecule has 4 rings (SSSR count). The second kappa shape index (κ2) is 12.6. The number of phenols is 1. The summed E-state index contributed by atoms with van der Waals surface area (Å²) in [5.41, 5.74) is 2.88. The van der Waals surface area contributed by atoms with Crippen LogP contribution in [0.4, 0.5) is 15.8 Å². The highest BCUT2D eigenvalue weighted by molar-refractivity contribution is 6.34. The molecule has 1 aromatic heterocycles. The van der Waals surface area contributed by atoms with Crippen molar-refractivity contribution in [2.45, 2.75) is 19.9 Å². The van der Waals surface area contributed by atoms with Gasteiger partial charge in [-0.3, -0.25) is 14.6 Å². The van der Waals surface area contributed by atoms with Crippen molar-refractivity contribution in [3.63, 3.8) is 0 Å². The number of anilines is 2. The number of carbonyl (C=O) groups is 1. The molecule has 10 heteroatoms. The number of nitrogens with zero attached hydrogens (tertiary/aromatic N) is 5. The van der Waals surface area contributed by atoms with E-state index in [1.54, 1.807) is 48.8 Å². The molecule has 0 atom stereocenters. The molecule has 1 N–H and O–H groups in total. The molecule has 0 spiro atoms. The van der Waals surface area contributed by atoms with E-state index in [4.69, 9.17) is 16.3 Å². The topological polar surface area (TPSA) is 72.4 Å². The van der Waals surface area contributed by atoms with Gasteiger partial charge in [0.25, 0.3) is 0 Å². The van der Waals surface area contributed by atoms with E-state index in [2.05, 4.69) is 28.6 Å². The van der Waals surface area contributed by atoms with Crippen molar-refractivity contribution in [1.29, 1.82) is 0 Å². The predicted molar refractivity (Wildman–Crippen MR) is 159 cm³/mol. The maximum absolute atomic E-state index is 15.0. The number of halogens is 2. The summed E-state index contributed by atoms with van der Waals surface area (Å²) in [6.45, 7) is 7.78. The molecule has 40 heavy (non-hydrogen) atoms. The molecule has 0 radical (unpaired) electrons. The van der Waals surface area contributed by atoms with Crippen molar-refractivity contribution in [3.05, 3.63) is 65.8 Å². The van der Waals surface area contributed by atoms with Crippen molar-refractivity contribution >= 4 is 29.4 Å². The Morgan fingerprint density at radius 3 is 2.30 bits per heavy atom. The lowest BCUT2D eigenvalue weighted by Crippen LogP contribution is -2.49. The molecule has 1 aliphatic rings. The smallest absolute Gasteiger partial charge is 0.237 e. The van der Waals surface area contributed by atoms with Crippen LogP contribution in [0.25, 0.3) is 22.3 Å². The number of methoxy groups -OCH3 is 1. The minimum atomic E-state index is -0.519. The van der Waals surface area contributed by atoms with Gasteiger partial charge < -0.3 is 19.6 Å². The summed E-state index contributed by atoms with van der Waals surface area (Å²) >= 11 is 6.53. The number of carbonyl (C=O) groups excluding carboxylic acids is 1. The summed E-state index contributed by atoms with van der Waals surface area (Å²) in [6, 6.07) is 9.83. The number of phenolic OH excluding ortho intramolecular Hbond substituents is 1. The third kappa shape index (κ3) is 6.32. The fourth-order valence-corrected chi connectivity index (χ4v) is 5.03. The Bertz CT molecular complexity index is 1390. The fraction of sp³-hybridized carbons (Fsp3) is 0.333. The summed E-state index contributed by atoms with van der Waals surface area (Å²) in [7, 11) is 5.24. The number of aromatic nitrogens is 1. The minimum absolute atomic E-state index is 0.104. The Balaban J connectivity index is 1.70. The van der Waals surface area contributed by atoms with E-state index in [0.717, 1.165) is 31.9 Å². The molecule has 0 bridgehead atoms. The van der Waals surface area contributed by atoms with Gasteiger partial charge in [0.05, 0.1) is 17.8 Å². The average Bonchev–Trinajstić information content (AvgIpc) is 2.94. The standard InChI is InChI=1S/C30H35ClFN5O3/c1-20(2)35-10-12-36(13-11-35)28-15-22(18-33-30(28)40-5)25-17-23(32)16-24(29(25)39)21-6-7-27(26(31)14-21)37(19-38)9-8-34(3)4/h6-9,14-20,39H,10-13H2,1-5H3/b9-8-. The molecule has 0 aliphatic carbocycles. The molecule has 2 heterocycles. The third-order valence-corrected chi connectivity index (χ3v) is 7.28. The van der Waals surface area contributed by atoms with E-state index in [0.29, 0.717) is 40.7 Å². The molecule has 0 saturated carbocycles. The molecule has 0 unspecified atom stereocenters. The van der Waals surface area contributed by atoms with Gasteiger partial charge in [-0.2, -0.15) is 0 Å². The van der Waals surface area contributed by atoms with Gasteiger partial charge in [0.1, 0.15) is 17.3 Å². The summed E-state index contributed by atoms with van der Waals surface area (Å²) in [6.07, 6.45) is 5.52. The highest BCUT2D eigenvalue weighted by atomic mass is 35.5. The summed E-state index contributed by atoms with van der Waals surface area (Å²) in [5.74, 6) is -0.148. The molecule has 1 aliphatic heterocycles. The Hall–Kier alpha value is -3.82. The predicted octanol–water partition coefficient (Wildman–Crippen LogP) is 5.45. The Kier molecular flexibility index (Phi) is 9.17. The monoisotopic (exact) mass is 567 g/mol. The number of benzene rings is 2.